The van der Waals surface area contributed by atoms with Gasteiger partial charge in [0.2, 0.25) is 0 Å². The number of carboxylic acid groups (broad SMARTS) is 1. The Morgan fingerprint density at radius 1 is 1.06 bits per heavy atom. The van der Waals surface area contributed by atoms with E-state index in [9.17, 15) is 9.00 Å². The molecule has 0 aliphatic carbocycles. The van der Waals surface area contributed by atoms with Crippen LogP contribution in [0.15, 0.2) is 0 Å². The molecule has 0 aliphatic heterocycles. The molecule has 1 unspecified atom stereocenters. The number of rotatable bonds is 10. The number of hydrogen-bond acceptors (Lipinski definition) is 2. The third kappa shape index (κ3) is 6.81. The largest absolute Gasteiger partial charge is 0.480 e. The van der Waals surface area contributed by atoms with E-state index in [-0.39, 0.29) is 0 Å². The molecule has 17 heavy (non-hydrogen) atoms. The first-order chi connectivity index (χ1) is 7.92. The van der Waals surface area contributed by atoms with Crippen LogP contribution in [-0.2, 0) is 15.6 Å². The third-order valence-electron chi connectivity index (χ3n) is 3.02. The molecular formula is C13H26O3S. The number of hydrogen-bond donors (Lipinski definition) is 1. The molecule has 0 saturated carbocycles. The van der Waals surface area contributed by atoms with E-state index in [4.69, 9.17) is 5.11 Å². The van der Waals surface area contributed by atoms with E-state index >= 15 is 0 Å². The molecule has 0 aliphatic rings. The van der Waals surface area contributed by atoms with Crippen LogP contribution in [0.2, 0.25) is 0 Å². The Bertz CT molecular complexity index is 249. The highest BCUT2D eigenvalue weighted by Gasteiger charge is 2.33. The van der Waals surface area contributed by atoms with E-state index in [2.05, 4.69) is 6.92 Å². The monoisotopic (exact) mass is 262 g/mol. The Balaban J connectivity index is 3.62. The van der Waals surface area contributed by atoms with Crippen molar-refractivity contribution in [2.24, 2.45) is 0 Å². The zero-order valence-electron chi connectivity index (χ0n) is 11.3. The second kappa shape index (κ2) is 8.67. The number of aliphatic carboxylic acids is 1. The quantitative estimate of drug-likeness (QED) is 0.614. The second-order valence-electron chi connectivity index (χ2n) is 4.99. The zero-order chi connectivity index (χ0) is 13.3. The predicted molar refractivity (Wildman–Crippen MR) is 72.7 cm³/mol. The Kier molecular flexibility index (Phi) is 8.48. The fraction of sp³-hybridized carbons (Fsp3) is 0.923. The van der Waals surface area contributed by atoms with Gasteiger partial charge in [-0.3, -0.25) is 9.00 Å². The summed E-state index contributed by atoms with van der Waals surface area (Å²) in [6, 6.07) is 0. The Labute approximate surface area is 107 Å². The van der Waals surface area contributed by atoms with Crippen molar-refractivity contribution in [3.63, 3.8) is 0 Å². The lowest BCUT2D eigenvalue weighted by atomic mass is 10.1. The summed E-state index contributed by atoms with van der Waals surface area (Å²) in [6.07, 6.45) is 8.16. The summed E-state index contributed by atoms with van der Waals surface area (Å²) in [7, 11) is -1.27. The summed E-state index contributed by atoms with van der Waals surface area (Å²) in [4.78, 5) is 10.9. The van der Waals surface area contributed by atoms with Gasteiger partial charge in [0, 0.05) is 16.6 Å². The SMILES string of the molecule is CCCCCCCCCS(=O)C(C)(C)C(=O)O. The maximum Gasteiger partial charge on any atom is 0.321 e. The van der Waals surface area contributed by atoms with Gasteiger partial charge in [0.05, 0.1) is 0 Å². The van der Waals surface area contributed by atoms with Crippen LogP contribution in [0.4, 0.5) is 0 Å². The van der Waals surface area contributed by atoms with Crippen molar-refractivity contribution in [2.45, 2.75) is 70.5 Å². The highest BCUT2D eigenvalue weighted by Crippen LogP contribution is 2.15. The molecule has 0 saturated heterocycles. The molecule has 0 aromatic rings. The van der Waals surface area contributed by atoms with E-state index in [1.54, 1.807) is 0 Å². The van der Waals surface area contributed by atoms with Gasteiger partial charge >= 0.3 is 5.97 Å². The Hall–Kier alpha value is -0.380. The molecule has 0 heterocycles. The van der Waals surface area contributed by atoms with Crippen molar-refractivity contribution >= 4 is 16.8 Å². The first-order valence-electron chi connectivity index (χ1n) is 6.54. The lowest BCUT2D eigenvalue weighted by Crippen LogP contribution is -2.37. The summed E-state index contributed by atoms with van der Waals surface area (Å²) in [5.74, 6) is -0.466. The molecule has 0 aromatic carbocycles. The van der Waals surface area contributed by atoms with Crippen LogP contribution < -0.4 is 0 Å². The lowest BCUT2D eigenvalue weighted by Gasteiger charge is -2.18. The maximum atomic E-state index is 11.8. The van der Waals surface area contributed by atoms with Crippen LogP contribution in [0.1, 0.15) is 65.7 Å². The first-order valence-corrected chi connectivity index (χ1v) is 7.86. The lowest BCUT2D eigenvalue weighted by molar-refractivity contribution is -0.139. The van der Waals surface area contributed by atoms with E-state index in [0.29, 0.717) is 5.75 Å². The van der Waals surface area contributed by atoms with Crippen molar-refractivity contribution in [1.29, 1.82) is 0 Å². The Morgan fingerprint density at radius 3 is 2.00 bits per heavy atom. The molecule has 0 bridgehead atoms. The van der Waals surface area contributed by atoms with E-state index in [1.165, 1.54) is 46.0 Å². The molecule has 0 radical (unpaired) electrons. The summed E-state index contributed by atoms with van der Waals surface area (Å²) >= 11 is 0. The van der Waals surface area contributed by atoms with Gasteiger partial charge in [-0.25, -0.2) is 0 Å². The van der Waals surface area contributed by atoms with E-state index < -0.39 is 21.5 Å². The molecule has 0 spiro atoms. The minimum atomic E-state index is -1.27. The molecule has 0 fully saturated rings. The number of carbonyl (C=O) groups is 1. The molecule has 0 aromatic heterocycles. The molecule has 1 atom stereocenters. The molecular weight excluding hydrogens is 236 g/mol. The minimum Gasteiger partial charge on any atom is -0.480 e. The van der Waals surface area contributed by atoms with Gasteiger partial charge in [0.15, 0.2) is 0 Å². The van der Waals surface area contributed by atoms with Crippen molar-refractivity contribution in [3.8, 4) is 0 Å². The molecule has 4 heteroatoms. The van der Waals surface area contributed by atoms with Crippen LogP contribution in [-0.4, -0.2) is 25.8 Å². The van der Waals surface area contributed by atoms with Gasteiger partial charge in [0.25, 0.3) is 0 Å². The molecule has 1 N–H and O–H groups in total. The van der Waals surface area contributed by atoms with Gasteiger partial charge < -0.3 is 5.11 Å². The zero-order valence-corrected chi connectivity index (χ0v) is 12.1. The average Bonchev–Trinajstić information content (AvgIpc) is 2.27. The average molecular weight is 262 g/mol. The minimum absolute atomic E-state index is 0.507. The predicted octanol–water partition coefficient (Wildman–Crippen LogP) is 3.35. The highest BCUT2D eigenvalue weighted by atomic mass is 32.2. The van der Waals surface area contributed by atoms with Crippen LogP contribution in [0.25, 0.3) is 0 Å². The Morgan fingerprint density at radius 2 is 1.53 bits per heavy atom. The standard InChI is InChI=1S/C13H26O3S/c1-4-5-6-7-8-9-10-11-17(16)13(2,3)12(14)15/h4-11H2,1-3H3,(H,14,15). The fourth-order valence-electron chi connectivity index (χ4n) is 1.54. The van der Waals surface area contributed by atoms with Gasteiger partial charge in [-0.1, -0.05) is 45.4 Å². The topological polar surface area (TPSA) is 54.4 Å². The summed E-state index contributed by atoms with van der Waals surface area (Å²) in [6.45, 7) is 5.26. The number of unbranched alkanes of at least 4 members (excludes halogenated alkanes) is 6. The smallest absolute Gasteiger partial charge is 0.321 e. The summed E-state index contributed by atoms with van der Waals surface area (Å²) < 4.78 is 10.7. The van der Waals surface area contributed by atoms with E-state index in [0.717, 1.165) is 12.8 Å². The van der Waals surface area contributed by atoms with E-state index in [1.807, 2.05) is 0 Å². The van der Waals surface area contributed by atoms with Crippen LogP contribution in [0, 0.1) is 0 Å². The van der Waals surface area contributed by atoms with Gasteiger partial charge in [0.1, 0.15) is 4.75 Å². The second-order valence-corrected chi connectivity index (χ2v) is 7.11. The summed E-state index contributed by atoms with van der Waals surface area (Å²) in [5.41, 5.74) is 0. The van der Waals surface area contributed by atoms with Gasteiger partial charge in [-0.2, -0.15) is 0 Å². The van der Waals surface area contributed by atoms with Crippen molar-refractivity contribution in [2.75, 3.05) is 5.75 Å². The van der Waals surface area contributed by atoms with Crippen LogP contribution in [0.5, 0.6) is 0 Å². The maximum absolute atomic E-state index is 11.8. The van der Waals surface area contributed by atoms with Crippen molar-refractivity contribution < 1.29 is 14.1 Å². The first kappa shape index (κ1) is 16.6. The van der Waals surface area contributed by atoms with Crippen LogP contribution >= 0.6 is 0 Å². The van der Waals surface area contributed by atoms with Crippen LogP contribution in [0.3, 0.4) is 0 Å². The van der Waals surface area contributed by atoms with Crippen molar-refractivity contribution in [3.05, 3.63) is 0 Å². The fourth-order valence-corrected chi connectivity index (χ4v) is 2.71. The number of carboxylic acids is 1. The van der Waals surface area contributed by atoms with Gasteiger partial charge in [-0.15, -0.1) is 0 Å². The molecule has 0 rings (SSSR count). The molecule has 3 nitrogen and oxygen atoms in total. The van der Waals surface area contributed by atoms with Gasteiger partial charge in [-0.05, 0) is 20.3 Å². The van der Waals surface area contributed by atoms with Crippen molar-refractivity contribution in [1.82, 2.24) is 0 Å². The molecule has 0 amide bonds. The molecule has 102 valence electrons. The normalized spacial score (nSPS) is 13.6. The highest BCUT2D eigenvalue weighted by molar-refractivity contribution is 7.87. The third-order valence-corrected chi connectivity index (χ3v) is 4.99. The summed E-state index contributed by atoms with van der Waals surface area (Å²) in [5, 5.41) is 8.92.